The van der Waals surface area contributed by atoms with Crippen LogP contribution in [0.4, 0.5) is 0 Å². The summed E-state index contributed by atoms with van der Waals surface area (Å²) in [4.78, 5) is 17.3. The van der Waals surface area contributed by atoms with Gasteiger partial charge in [-0.1, -0.05) is 53.0 Å². The summed E-state index contributed by atoms with van der Waals surface area (Å²) in [7, 11) is 0. The Kier molecular flexibility index (Phi) is 5.31. The molecule has 0 saturated heterocycles. The van der Waals surface area contributed by atoms with Gasteiger partial charge >= 0.3 is 0 Å². The lowest BCUT2D eigenvalue weighted by Crippen LogP contribution is -2.43. The molecule has 0 bridgehead atoms. The van der Waals surface area contributed by atoms with Gasteiger partial charge in [0.15, 0.2) is 0 Å². The predicted molar refractivity (Wildman–Crippen MR) is 112 cm³/mol. The van der Waals surface area contributed by atoms with E-state index >= 15 is 0 Å². The van der Waals surface area contributed by atoms with E-state index in [1.54, 1.807) is 11.0 Å². The number of amides is 1. The van der Waals surface area contributed by atoms with Crippen molar-refractivity contribution in [1.29, 1.82) is 0 Å². The van der Waals surface area contributed by atoms with E-state index in [-0.39, 0.29) is 11.9 Å². The summed E-state index contributed by atoms with van der Waals surface area (Å²) in [6, 6.07) is 16.2. The summed E-state index contributed by atoms with van der Waals surface area (Å²) < 4.78 is 2.75. The Balaban J connectivity index is 1.52. The molecule has 3 aromatic rings. The third-order valence-electron chi connectivity index (χ3n) is 5.71. The maximum absolute atomic E-state index is 13.3. The van der Waals surface area contributed by atoms with Gasteiger partial charge in [0.25, 0.3) is 0 Å². The Morgan fingerprint density at radius 2 is 1.79 bits per heavy atom. The average Bonchev–Trinajstić information content (AvgIpc) is 3.41. The predicted octanol–water partition coefficient (Wildman–Crippen LogP) is 4.72. The number of nitrogens with one attached hydrogen (secondary N) is 1. The van der Waals surface area contributed by atoms with Crippen LogP contribution in [0.15, 0.2) is 65.7 Å². The number of rotatable bonds is 5. The molecular weight excluding hydrogens is 416 g/mol. The zero-order chi connectivity index (χ0) is 19.6. The zero-order valence-electron chi connectivity index (χ0n) is 15.8. The van der Waals surface area contributed by atoms with Gasteiger partial charge in [0, 0.05) is 4.47 Å². The molecule has 144 valence electrons. The van der Waals surface area contributed by atoms with Gasteiger partial charge in [0.05, 0.1) is 17.1 Å². The molecule has 1 atom stereocenters. The Labute approximate surface area is 173 Å². The first-order valence-corrected chi connectivity index (χ1v) is 10.4. The minimum absolute atomic E-state index is 0.0646. The van der Waals surface area contributed by atoms with Crippen molar-refractivity contribution in [1.82, 2.24) is 20.1 Å². The number of aromatic nitrogens is 3. The molecule has 1 fully saturated rings. The van der Waals surface area contributed by atoms with E-state index in [0.717, 1.165) is 47.0 Å². The first kappa shape index (κ1) is 18.9. The van der Waals surface area contributed by atoms with E-state index < -0.39 is 5.41 Å². The van der Waals surface area contributed by atoms with Crippen LogP contribution >= 0.6 is 15.9 Å². The second-order valence-corrected chi connectivity index (χ2v) is 8.34. The fourth-order valence-corrected chi connectivity index (χ4v) is 4.33. The number of hydrogen-bond donors (Lipinski definition) is 1. The summed E-state index contributed by atoms with van der Waals surface area (Å²) in [5.41, 5.74) is 2.71. The van der Waals surface area contributed by atoms with Crippen molar-refractivity contribution in [2.24, 2.45) is 0 Å². The van der Waals surface area contributed by atoms with Crippen LogP contribution in [-0.4, -0.2) is 20.7 Å². The van der Waals surface area contributed by atoms with E-state index in [9.17, 15) is 4.79 Å². The molecule has 6 heteroatoms. The number of halogens is 1. The summed E-state index contributed by atoms with van der Waals surface area (Å²) in [6.45, 7) is 2.03. The minimum atomic E-state index is -0.421. The van der Waals surface area contributed by atoms with Gasteiger partial charge in [-0.3, -0.25) is 4.79 Å². The lowest BCUT2D eigenvalue weighted by Gasteiger charge is -2.30. The lowest BCUT2D eigenvalue weighted by molar-refractivity contribution is -0.127. The van der Waals surface area contributed by atoms with Crippen LogP contribution in [0.5, 0.6) is 0 Å². The maximum atomic E-state index is 13.3. The highest BCUT2D eigenvalue weighted by Gasteiger charge is 2.43. The fourth-order valence-electron chi connectivity index (χ4n) is 4.07. The van der Waals surface area contributed by atoms with Crippen LogP contribution in [-0.2, 0) is 10.2 Å². The van der Waals surface area contributed by atoms with Crippen molar-refractivity contribution >= 4 is 21.8 Å². The van der Waals surface area contributed by atoms with E-state index in [4.69, 9.17) is 0 Å². The quantitative estimate of drug-likeness (QED) is 0.626. The lowest BCUT2D eigenvalue weighted by atomic mass is 9.77. The monoisotopic (exact) mass is 438 g/mol. The largest absolute Gasteiger partial charge is 0.349 e. The van der Waals surface area contributed by atoms with Gasteiger partial charge in [-0.2, -0.15) is 5.10 Å². The van der Waals surface area contributed by atoms with Gasteiger partial charge in [-0.05, 0) is 55.2 Å². The number of nitrogens with zero attached hydrogens (tertiary/aromatic N) is 3. The van der Waals surface area contributed by atoms with Crippen LogP contribution in [0, 0.1) is 0 Å². The fraction of sp³-hybridized carbons (Fsp3) is 0.318. The Morgan fingerprint density at radius 1 is 1.11 bits per heavy atom. The summed E-state index contributed by atoms with van der Waals surface area (Å²) in [5.74, 6) is 0.125. The van der Waals surface area contributed by atoms with Crippen molar-refractivity contribution in [2.45, 2.75) is 44.1 Å². The van der Waals surface area contributed by atoms with Crippen molar-refractivity contribution in [2.75, 3.05) is 0 Å². The zero-order valence-corrected chi connectivity index (χ0v) is 17.4. The maximum Gasteiger partial charge on any atom is 0.231 e. The second-order valence-electron chi connectivity index (χ2n) is 7.42. The Morgan fingerprint density at radius 3 is 2.39 bits per heavy atom. The highest BCUT2D eigenvalue weighted by molar-refractivity contribution is 9.10. The van der Waals surface area contributed by atoms with Crippen LogP contribution in [0.2, 0.25) is 0 Å². The average molecular weight is 439 g/mol. The second kappa shape index (κ2) is 7.87. The van der Waals surface area contributed by atoms with Crippen LogP contribution < -0.4 is 5.32 Å². The van der Waals surface area contributed by atoms with Gasteiger partial charge in [0.2, 0.25) is 5.91 Å². The van der Waals surface area contributed by atoms with Crippen molar-refractivity contribution in [3.63, 3.8) is 0 Å². The summed E-state index contributed by atoms with van der Waals surface area (Å²) in [6.07, 6.45) is 7.16. The molecular formula is C22H23BrN4O. The Hall–Kier alpha value is -2.47. The van der Waals surface area contributed by atoms with E-state index in [0.29, 0.717) is 0 Å². The van der Waals surface area contributed by atoms with Gasteiger partial charge in [-0.25, -0.2) is 9.67 Å². The van der Waals surface area contributed by atoms with Crippen molar-refractivity contribution in [3.05, 3.63) is 76.8 Å². The highest BCUT2D eigenvalue weighted by Crippen LogP contribution is 2.42. The van der Waals surface area contributed by atoms with Crippen molar-refractivity contribution < 1.29 is 4.79 Å². The molecule has 1 saturated carbocycles. The number of hydrogen-bond acceptors (Lipinski definition) is 3. The topological polar surface area (TPSA) is 59.8 Å². The van der Waals surface area contributed by atoms with Crippen molar-refractivity contribution in [3.8, 4) is 5.69 Å². The van der Waals surface area contributed by atoms with Crippen LogP contribution in [0.25, 0.3) is 5.69 Å². The summed E-state index contributed by atoms with van der Waals surface area (Å²) >= 11 is 3.49. The SMILES string of the molecule is CC(NC(=O)C1(c2ccc(Br)cc2)CCCC1)c1ccc(-n2cncn2)cc1. The number of benzene rings is 2. The van der Waals surface area contributed by atoms with E-state index in [2.05, 4.69) is 43.5 Å². The first-order chi connectivity index (χ1) is 13.6. The molecule has 1 heterocycles. The van der Waals surface area contributed by atoms with Gasteiger partial charge in [-0.15, -0.1) is 0 Å². The molecule has 0 spiro atoms. The number of carbonyl (C=O) groups is 1. The smallest absolute Gasteiger partial charge is 0.231 e. The first-order valence-electron chi connectivity index (χ1n) is 9.60. The molecule has 0 aliphatic heterocycles. The summed E-state index contributed by atoms with van der Waals surface area (Å²) in [5, 5.41) is 7.40. The molecule has 1 N–H and O–H groups in total. The van der Waals surface area contributed by atoms with E-state index in [1.165, 1.54) is 6.33 Å². The third-order valence-corrected chi connectivity index (χ3v) is 6.24. The molecule has 1 amide bonds. The molecule has 1 aromatic heterocycles. The molecule has 4 rings (SSSR count). The van der Waals surface area contributed by atoms with Crippen LogP contribution in [0.3, 0.4) is 0 Å². The van der Waals surface area contributed by atoms with Gasteiger partial charge < -0.3 is 5.32 Å². The van der Waals surface area contributed by atoms with Gasteiger partial charge in [0.1, 0.15) is 12.7 Å². The molecule has 0 radical (unpaired) electrons. The molecule has 28 heavy (non-hydrogen) atoms. The molecule has 5 nitrogen and oxygen atoms in total. The molecule has 1 aliphatic carbocycles. The molecule has 2 aromatic carbocycles. The standard InChI is InChI=1S/C22H23BrN4O/c1-16(17-4-10-20(11-5-17)27-15-24-14-25-27)26-21(28)22(12-2-3-13-22)18-6-8-19(23)9-7-18/h4-11,14-16H,2-3,12-13H2,1H3,(H,26,28). The Bertz CT molecular complexity index is 930. The highest BCUT2D eigenvalue weighted by atomic mass is 79.9. The minimum Gasteiger partial charge on any atom is -0.349 e. The normalized spacial score (nSPS) is 16.6. The van der Waals surface area contributed by atoms with Crippen LogP contribution in [0.1, 0.15) is 49.8 Å². The van der Waals surface area contributed by atoms with E-state index in [1.807, 2.05) is 43.3 Å². The molecule has 1 unspecified atom stereocenters. The third kappa shape index (κ3) is 3.61. The molecule has 1 aliphatic rings. The number of carbonyl (C=O) groups excluding carboxylic acids is 1.